The standard InChI is InChI=1S/C14H16O3/c1-8-3-10-4-13-14(5-12(10)9(8)2)17-7-11(15)6-16-13/h4-5,8-9H,3,6-7H2,1-2H3. The third-order valence-corrected chi connectivity index (χ3v) is 3.87. The second-order valence-electron chi connectivity index (χ2n) is 5.08. The highest BCUT2D eigenvalue weighted by Gasteiger charge is 2.28. The quantitative estimate of drug-likeness (QED) is 0.688. The Kier molecular flexibility index (Phi) is 2.35. The number of carbonyl (C=O) groups is 1. The first-order valence-corrected chi connectivity index (χ1v) is 6.09. The molecule has 90 valence electrons. The first-order valence-electron chi connectivity index (χ1n) is 6.09. The highest BCUT2D eigenvalue weighted by molar-refractivity contribution is 5.82. The summed E-state index contributed by atoms with van der Waals surface area (Å²) in [5.74, 6) is 2.64. The van der Waals surface area contributed by atoms with Crippen LogP contribution >= 0.6 is 0 Å². The van der Waals surface area contributed by atoms with Gasteiger partial charge in [0.15, 0.2) is 24.7 Å². The number of ketones is 1. The van der Waals surface area contributed by atoms with Gasteiger partial charge in [-0.3, -0.25) is 4.79 Å². The molecule has 0 N–H and O–H groups in total. The van der Waals surface area contributed by atoms with Crippen LogP contribution in [0.3, 0.4) is 0 Å². The average Bonchev–Trinajstić information content (AvgIpc) is 2.49. The van der Waals surface area contributed by atoms with E-state index in [0.29, 0.717) is 11.8 Å². The van der Waals surface area contributed by atoms with Gasteiger partial charge in [-0.1, -0.05) is 13.8 Å². The minimum absolute atomic E-state index is 0.0113. The molecular weight excluding hydrogens is 216 g/mol. The number of fused-ring (bicyclic) bond motifs is 2. The summed E-state index contributed by atoms with van der Waals surface area (Å²) in [5.41, 5.74) is 2.68. The lowest BCUT2D eigenvalue weighted by Gasteiger charge is -2.12. The van der Waals surface area contributed by atoms with E-state index in [4.69, 9.17) is 9.47 Å². The lowest BCUT2D eigenvalue weighted by molar-refractivity contribution is -0.122. The molecule has 3 heteroatoms. The zero-order valence-corrected chi connectivity index (χ0v) is 10.2. The lowest BCUT2D eigenvalue weighted by Crippen LogP contribution is -2.15. The van der Waals surface area contributed by atoms with Gasteiger partial charge >= 0.3 is 0 Å². The monoisotopic (exact) mass is 232 g/mol. The molecule has 0 bridgehead atoms. The van der Waals surface area contributed by atoms with Crippen LogP contribution < -0.4 is 9.47 Å². The van der Waals surface area contributed by atoms with E-state index in [1.54, 1.807) is 0 Å². The molecule has 1 aromatic rings. The van der Waals surface area contributed by atoms with Gasteiger partial charge in [0.2, 0.25) is 5.78 Å². The maximum atomic E-state index is 11.3. The Morgan fingerprint density at radius 1 is 1.12 bits per heavy atom. The third kappa shape index (κ3) is 1.70. The van der Waals surface area contributed by atoms with E-state index in [1.807, 2.05) is 6.07 Å². The number of Topliss-reactive ketones (excluding diaryl/α,β-unsaturated/α-hetero) is 1. The van der Waals surface area contributed by atoms with Crippen molar-refractivity contribution in [2.24, 2.45) is 5.92 Å². The summed E-state index contributed by atoms with van der Waals surface area (Å²) in [6.07, 6.45) is 1.08. The molecule has 17 heavy (non-hydrogen) atoms. The Labute approximate surface area is 101 Å². The molecule has 0 fully saturated rings. The molecule has 0 saturated carbocycles. The van der Waals surface area contributed by atoms with Crippen LogP contribution in [-0.4, -0.2) is 19.0 Å². The van der Waals surface area contributed by atoms with E-state index in [2.05, 4.69) is 19.9 Å². The van der Waals surface area contributed by atoms with Gasteiger partial charge in [0.1, 0.15) is 0 Å². The highest BCUT2D eigenvalue weighted by Crippen LogP contribution is 2.43. The Bertz CT molecular complexity index is 479. The summed E-state index contributed by atoms with van der Waals surface area (Å²) < 4.78 is 11.0. The maximum absolute atomic E-state index is 11.3. The summed E-state index contributed by atoms with van der Waals surface area (Å²) in [7, 11) is 0. The van der Waals surface area contributed by atoms with Gasteiger partial charge in [-0.05, 0) is 41.5 Å². The molecule has 0 saturated heterocycles. The van der Waals surface area contributed by atoms with Gasteiger partial charge in [-0.15, -0.1) is 0 Å². The third-order valence-electron chi connectivity index (χ3n) is 3.87. The van der Waals surface area contributed by atoms with Crippen molar-refractivity contribution in [1.29, 1.82) is 0 Å². The molecule has 0 spiro atoms. The molecule has 1 aliphatic heterocycles. The van der Waals surface area contributed by atoms with Crippen molar-refractivity contribution in [3.05, 3.63) is 23.3 Å². The van der Waals surface area contributed by atoms with Crippen LogP contribution in [0.4, 0.5) is 0 Å². The zero-order chi connectivity index (χ0) is 12.0. The lowest BCUT2D eigenvalue weighted by atomic mass is 9.96. The zero-order valence-electron chi connectivity index (χ0n) is 10.2. The fraction of sp³-hybridized carbons (Fsp3) is 0.500. The van der Waals surface area contributed by atoms with Crippen molar-refractivity contribution in [2.75, 3.05) is 13.2 Å². The number of ether oxygens (including phenoxy) is 2. The van der Waals surface area contributed by atoms with E-state index in [0.717, 1.165) is 17.9 Å². The minimum Gasteiger partial charge on any atom is -0.482 e. The van der Waals surface area contributed by atoms with Crippen molar-refractivity contribution in [2.45, 2.75) is 26.2 Å². The van der Waals surface area contributed by atoms with Gasteiger partial charge < -0.3 is 9.47 Å². The van der Waals surface area contributed by atoms with Crippen LogP contribution in [0.15, 0.2) is 12.1 Å². The van der Waals surface area contributed by atoms with E-state index in [-0.39, 0.29) is 19.0 Å². The van der Waals surface area contributed by atoms with Crippen molar-refractivity contribution in [1.82, 2.24) is 0 Å². The van der Waals surface area contributed by atoms with Gasteiger partial charge in [-0.2, -0.15) is 0 Å². The molecule has 3 nitrogen and oxygen atoms in total. The van der Waals surface area contributed by atoms with Crippen molar-refractivity contribution < 1.29 is 14.3 Å². The van der Waals surface area contributed by atoms with Gasteiger partial charge in [0.25, 0.3) is 0 Å². The Balaban J connectivity index is 2.03. The van der Waals surface area contributed by atoms with Gasteiger partial charge in [0.05, 0.1) is 0 Å². The Morgan fingerprint density at radius 2 is 1.76 bits per heavy atom. The van der Waals surface area contributed by atoms with Crippen molar-refractivity contribution >= 4 is 5.78 Å². The Morgan fingerprint density at radius 3 is 2.47 bits per heavy atom. The minimum atomic E-state index is -0.0113. The van der Waals surface area contributed by atoms with E-state index in [9.17, 15) is 4.79 Å². The fourth-order valence-corrected chi connectivity index (χ4v) is 2.63. The van der Waals surface area contributed by atoms with Crippen LogP contribution in [0.5, 0.6) is 11.5 Å². The van der Waals surface area contributed by atoms with Crippen LogP contribution in [0, 0.1) is 5.92 Å². The Hall–Kier alpha value is -1.51. The van der Waals surface area contributed by atoms with Gasteiger partial charge in [-0.25, -0.2) is 0 Å². The predicted molar refractivity (Wildman–Crippen MR) is 63.7 cm³/mol. The molecule has 3 rings (SSSR count). The number of benzene rings is 1. The SMILES string of the molecule is CC1Cc2cc3c(cc2C1C)OCC(=O)CO3. The predicted octanol–water partition coefficient (Wildman–Crippen LogP) is 2.32. The van der Waals surface area contributed by atoms with E-state index < -0.39 is 0 Å². The smallest absolute Gasteiger partial charge is 0.207 e. The number of rotatable bonds is 0. The van der Waals surface area contributed by atoms with Gasteiger partial charge in [0, 0.05) is 0 Å². The largest absolute Gasteiger partial charge is 0.482 e. The van der Waals surface area contributed by atoms with Crippen LogP contribution in [0.2, 0.25) is 0 Å². The summed E-state index contributed by atoms with van der Waals surface area (Å²) in [6, 6.07) is 4.10. The number of carbonyl (C=O) groups excluding carboxylic acids is 1. The summed E-state index contributed by atoms with van der Waals surface area (Å²) >= 11 is 0. The molecule has 0 amide bonds. The number of hydrogen-bond donors (Lipinski definition) is 0. The average molecular weight is 232 g/mol. The molecule has 2 aliphatic rings. The van der Waals surface area contributed by atoms with Crippen LogP contribution in [0.1, 0.15) is 30.9 Å². The normalized spacial score (nSPS) is 26.6. The summed E-state index contributed by atoms with van der Waals surface area (Å²) in [4.78, 5) is 11.3. The molecule has 2 unspecified atom stereocenters. The molecular formula is C14H16O3. The molecule has 2 atom stereocenters. The summed E-state index contributed by atoms with van der Waals surface area (Å²) in [5, 5.41) is 0. The first-order chi connectivity index (χ1) is 8.15. The highest BCUT2D eigenvalue weighted by atomic mass is 16.5. The number of hydrogen-bond acceptors (Lipinski definition) is 3. The molecule has 1 aromatic carbocycles. The van der Waals surface area contributed by atoms with E-state index in [1.165, 1.54) is 11.1 Å². The van der Waals surface area contributed by atoms with Crippen molar-refractivity contribution in [3.63, 3.8) is 0 Å². The second kappa shape index (κ2) is 3.76. The molecule has 0 radical (unpaired) electrons. The van der Waals surface area contributed by atoms with Crippen LogP contribution in [0.25, 0.3) is 0 Å². The first kappa shape index (κ1) is 10.6. The molecule has 1 aliphatic carbocycles. The molecule has 0 aromatic heterocycles. The fourth-order valence-electron chi connectivity index (χ4n) is 2.63. The summed E-state index contributed by atoms with van der Waals surface area (Å²) in [6.45, 7) is 4.75. The van der Waals surface area contributed by atoms with Crippen molar-refractivity contribution in [3.8, 4) is 11.5 Å². The molecule has 1 heterocycles. The second-order valence-corrected chi connectivity index (χ2v) is 5.08. The van der Waals surface area contributed by atoms with Crippen LogP contribution in [-0.2, 0) is 11.2 Å². The topological polar surface area (TPSA) is 35.5 Å². The van der Waals surface area contributed by atoms with E-state index >= 15 is 0 Å². The maximum Gasteiger partial charge on any atom is 0.207 e.